The standard InChI is InChI=1S/C7H13O2S/c1-10(8,9)7-5-3-2-4-6-7/h2,7H,3-6H2,1H3. The first-order valence-electron chi connectivity index (χ1n) is 3.61. The summed E-state index contributed by atoms with van der Waals surface area (Å²) in [6, 6.07) is 0. The van der Waals surface area contributed by atoms with Crippen molar-refractivity contribution in [3.63, 3.8) is 0 Å². The maximum absolute atomic E-state index is 11.0. The van der Waals surface area contributed by atoms with Crippen LogP contribution in [0.3, 0.4) is 0 Å². The molecule has 1 saturated carbocycles. The Labute approximate surface area is 62.5 Å². The van der Waals surface area contributed by atoms with E-state index < -0.39 is 9.84 Å². The van der Waals surface area contributed by atoms with Gasteiger partial charge in [0.25, 0.3) is 0 Å². The van der Waals surface area contributed by atoms with Crippen molar-refractivity contribution in [2.24, 2.45) is 0 Å². The fraction of sp³-hybridized carbons (Fsp3) is 0.857. The third kappa shape index (κ3) is 1.97. The van der Waals surface area contributed by atoms with Crippen molar-refractivity contribution >= 4 is 9.84 Å². The van der Waals surface area contributed by atoms with E-state index in [1.165, 1.54) is 6.26 Å². The molecule has 1 aliphatic rings. The van der Waals surface area contributed by atoms with Crippen LogP contribution in [0.1, 0.15) is 25.7 Å². The van der Waals surface area contributed by atoms with Gasteiger partial charge in [-0.2, -0.15) is 0 Å². The molecule has 0 amide bonds. The highest BCUT2D eigenvalue weighted by atomic mass is 32.2. The number of hydrogen-bond acceptors (Lipinski definition) is 2. The van der Waals surface area contributed by atoms with Crippen LogP contribution < -0.4 is 0 Å². The topological polar surface area (TPSA) is 34.1 Å². The van der Waals surface area contributed by atoms with Gasteiger partial charge in [-0.1, -0.05) is 0 Å². The van der Waals surface area contributed by atoms with Crippen molar-refractivity contribution in [3.8, 4) is 0 Å². The van der Waals surface area contributed by atoms with Crippen molar-refractivity contribution in [2.75, 3.05) is 6.26 Å². The van der Waals surface area contributed by atoms with E-state index >= 15 is 0 Å². The number of sulfone groups is 1. The minimum Gasteiger partial charge on any atom is -0.229 e. The third-order valence-corrected chi connectivity index (χ3v) is 3.67. The van der Waals surface area contributed by atoms with Crippen LogP contribution in [0.15, 0.2) is 0 Å². The summed E-state index contributed by atoms with van der Waals surface area (Å²) in [6.45, 7) is 0. The summed E-state index contributed by atoms with van der Waals surface area (Å²) < 4.78 is 21.9. The maximum Gasteiger partial charge on any atom is 0.150 e. The van der Waals surface area contributed by atoms with Crippen LogP contribution in [0.25, 0.3) is 0 Å². The molecule has 0 aromatic heterocycles. The zero-order valence-corrected chi connectivity index (χ0v) is 7.02. The average molecular weight is 161 g/mol. The molecule has 3 heteroatoms. The molecule has 0 aromatic carbocycles. The summed E-state index contributed by atoms with van der Waals surface area (Å²) in [4.78, 5) is 0. The molecular formula is C7H13O2S. The fourth-order valence-corrected chi connectivity index (χ4v) is 2.45. The Morgan fingerprint density at radius 1 is 1.30 bits per heavy atom. The SMILES string of the molecule is CS(=O)(=O)C1CC[CH]CC1. The molecule has 1 fully saturated rings. The van der Waals surface area contributed by atoms with Crippen LogP contribution in [0.5, 0.6) is 0 Å². The summed E-state index contributed by atoms with van der Waals surface area (Å²) in [5.74, 6) is 0. The second kappa shape index (κ2) is 2.91. The summed E-state index contributed by atoms with van der Waals surface area (Å²) in [6.07, 6.45) is 7.11. The molecule has 0 heterocycles. The van der Waals surface area contributed by atoms with Crippen LogP contribution in [0.4, 0.5) is 0 Å². The highest BCUT2D eigenvalue weighted by Gasteiger charge is 2.22. The summed E-state index contributed by atoms with van der Waals surface area (Å²) >= 11 is 0. The van der Waals surface area contributed by atoms with Gasteiger partial charge in [-0.25, -0.2) is 8.42 Å². The highest BCUT2D eigenvalue weighted by molar-refractivity contribution is 7.91. The van der Waals surface area contributed by atoms with Gasteiger partial charge in [0.1, 0.15) is 9.84 Å². The average Bonchev–Trinajstić information content (AvgIpc) is 1.88. The van der Waals surface area contributed by atoms with E-state index in [0.717, 1.165) is 25.7 Å². The van der Waals surface area contributed by atoms with Gasteiger partial charge in [-0.3, -0.25) is 0 Å². The molecule has 59 valence electrons. The molecule has 10 heavy (non-hydrogen) atoms. The molecule has 1 rings (SSSR count). The Morgan fingerprint density at radius 2 is 1.80 bits per heavy atom. The van der Waals surface area contributed by atoms with Crippen molar-refractivity contribution in [1.82, 2.24) is 0 Å². The number of hydrogen-bond donors (Lipinski definition) is 0. The van der Waals surface area contributed by atoms with E-state index in [2.05, 4.69) is 6.42 Å². The molecule has 0 unspecified atom stereocenters. The molecule has 0 N–H and O–H groups in total. The van der Waals surface area contributed by atoms with Gasteiger partial charge < -0.3 is 0 Å². The zero-order chi connectivity index (χ0) is 7.61. The Balaban J connectivity index is 2.56. The predicted molar refractivity (Wildman–Crippen MR) is 41.4 cm³/mol. The lowest BCUT2D eigenvalue weighted by atomic mass is 10.0. The molecule has 0 aromatic rings. The van der Waals surface area contributed by atoms with Crippen LogP contribution in [0, 0.1) is 6.42 Å². The van der Waals surface area contributed by atoms with Crippen LogP contribution in [-0.4, -0.2) is 19.9 Å². The van der Waals surface area contributed by atoms with Crippen LogP contribution in [-0.2, 0) is 9.84 Å². The number of rotatable bonds is 1. The largest absolute Gasteiger partial charge is 0.229 e. The molecule has 0 saturated heterocycles. The van der Waals surface area contributed by atoms with E-state index in [1.807, 2.05) is 0 Å². The van der Waals surface area contributed by atoms with Gasteiger partial charge in [-0.15, -0.1) is 0 Å². The van der Waals surface area contributed by atoms with Gasteiger partial charge in [0.2, 0.25) is 0 Å². The van der Waals surface area contributed by atoms with Crippen LogP contribution >= 0.6 is 0 Å². The lowest BCUT2D eigenvalue weighted by Gasteiger charge is -2.18. The molecule has 1 radical (unpaired) electrons. The van der Waals surface area contributed by atoms with Crippen molar-refractivity contribution in [2.45, 2.75) is 30.9 Å². The highest BCUT2D eigenvalue weighted by Crippen LogP contribution is 2.21. The molecular weight excluding hydrogens is 148 g/mol. The van der Waals surface area contributed by atoms with Crippen molar-refractivity contribution in [1.29, 1.82) is 0 Å². The predicted octanol–water partition coefficient (Wildman–Crippen LogP) is 1.18. The minimum absolute atomic E-state index is 0.0579. The van der Waals surface area contributed by atoms with Gasteiger partial charge >= 0.3 is 0 Å². The molecule has 1 aliphatic carbocycles. The van der Waals surface area contributed by atoms with E-state index in [-0.39, 0.29) is 5.25 Å². The summed E-state index contributed by atoms with van der Waals surface area (Å²) in [5.41, 5.74) is 0. The molecule has 0 bridgehead atoms. The molecule has 0 aliphatic heterocycles. The second-order valence-electron chi connectivity index (χ2n) is 2.89. The molecule has 0 atom stereocenters. The van der Waals surface area contributed by atoms with Gasteiger partial charge in [0, 0.05) is 6.26 Å². The zero-order valence-electron chi connectivity index (χ0n) is 6.21. The third-order valence-electron chi connectivity index (χ3n) is 1.99. The van der Waals surface area contributed by atoms with Crippen LogP contribution in [0.2, 0.25) is 0 Å². The Morgan fingerprint density at radius 3 is 2.10 bits per heavy atom. The normalized spacial score (nSPS) is 22.9. The monoisotopic (exact) mass is 161 g/mol. The molecule has 2 nitrogen and oxygen atoms in total. The summed E-state index contributed by atoms with van der Waals surface area (Å²) in [5, 5.41) is -0.0579. The van der Waals surface area contributed by atoms with E-state index in [1.54, 1.807) is 0 Å². The lowest BCUT2D eigenvalue weighted by molar-refractivity contribution is 0.539. The Hall–Kier alpha value is -0.0500. The van der Waals surface area contributed by atoms with E-state index in [9.17, 15) is 8.42 Å². The first-order valence-corrected chi connectivity index (χ1v) is 5.56. The summed E-state index contributed by atoms with van der Waals surface area (Å²) in [7, 11) is -2.75. The fourth-order valence-electron chi connectivity index (χ4n) is 1.32. The van der Waals surface area contributed by atoms with Gasteiger partial charge in [0.05, 0.1) is 5.25 Å². The van der Waals surface area contributed by atoms with E-state index in [4.69, 9.17) is 0 Å². The minimum atomic E-state index is -2.75. The van der Waals surface area contributed by atoms with Gasteiger partial charge in [0.15, 0.2) is 0 Å². The van der Waals surface area contributed by atoms with Gasteiger partial charge in [-0.05, 0) is 32.1 Å². The smallest absolute Gasteiger partial charge is 0.150 e. The quantitative estimate of drug-likeness (QED) is 0.578. The van der Waals surface area contributed by atoms with Crippen molar-refractivity contribution in [3.05, 3.63) is 6.42 Å². The first kappa shape index (κ1) is 8.05. The lowest BCUT2D eigenvalue weighted by Crippen LogP contribution is -2.22. The van der Waals surface area contributed by atoms with E-state index in [0.29, 0.717) is 0 Å². The van der Waals surface area contributed by atoms with Crippen molar-refractivity contribution < 1.29 is 8.42 Å². The Kier molecular flexibility index (Phi) is 2.34. The maximum atomic E-state index is 11.0. The first-order chi connectivity index (χ1) is 4.61. The molecule has 0 spiro atoms. The second-order valence-corrected chi connectivity index (χ2v) is 5.22. The Bertz CT molecular complexity index is 188.